The fourth-order valence-corrected chi connectivity index (χ4v) is 2.08. The van der Waals surface area contributed by atoms with Crippen molar-refractivity contribution in [3.63, 3.8) is 0 Å². The molecule has 1 N–H and O–H groups in total. The number of hydrogen-bond acceptors (Lipinski definition) is 4. The van der Waals surface area contributed by atoms with Crippen molar-refractivity contribution >= 4 is 29.6 Å². The first-order valence-electron chi connectivity index (χ1n) is 5.31. The average molecular weight is 242 g/mol. The molecular weight excluding hydrogens is 232 g/mol. The summed E-state index contributed by atoms with van der Waals surface area (Å²) < 4.78 is 0. The highest BCUT2D eigenvalue weighted by atomic mass is 16.3. The summed E-state index contributed by atoms with van der Waals surface area (Å²) in [5, 5.41) is 10.2. The van der Waals surface area contributed by atoms with Crippen molar-refractivity contribution in [3.8, 4) is 0 Å². The Morgan fingerprint density at radius 2 is 1.22 bits per heavy atom. The minimum Gasteiger partial charge on any atom is -0.392 e. The molecule has 0 aromatic heterocycles. The van der Waals surface area contributed by atoms with Gasteiger partial charge in [0.1, 0.15) is 0 Å². The van der Waals surface area contributed by atoms with E-state index in [9.17, 15) is 19.5 Å². The Morgan fingerprint density at radius 3 is 1.67 bits per heavy atom. The monoisotopic (exact) mass is 242 g/mol. The van der Waals surface area contributed by atoms with Gasteiger partial charge in [0.15, 0.2) is 18.9 Å². The molecule has 0 radical (unpaired) electrons. The lowest BCUT2D eigenvalue weighted by molar-refractivity contribution is 0.111. The summed E-state index contributed by atoms with van der Waals surface area (Å²) in [4.78, 5) is 33.1. The third-order valence-corrected chi connectivity index (χ3v) is 2.89. The molecule has 4 nitrogen and oxygen atoms in total. The third kappa shape index (κ3) is 1.72. The van der Waals surface area contributed by atoms with Gasteiger partial charge in [-0.25, -0.2) is 0 Å². The summed E-state index contributed by atoms with van der Waals surface area (Å²) >= 11 is 0. The summed E-state index contributed by atoms with van der Waals surface area (Å²) in [6.45, 7) is -0.265. The van der Waals surface area contributed by atoms with Crippen LogP contribution in [0.1, 0.15) is 36.6 Å². The van der Waals surface area contributed by atoms with Crippen LogP contribution in [0.4, 0.5) is 0 Å². The van der Waals surface area contributed by atoms with E-state index in [0.29, 0.717) is 51.9 Å². The van der Waals surface area contributed by atoms with Gasteiger partial charge in [0.2, 0.25) is 0 Å². The highest BCUT2D eigenvalue weighted by molar-refractivity contribution is 6.12. The van der Waals surface area contributed by atoms with Gasteiger partial charge in [0, 0.05) is 22.1 Å². The van der Waals surface area contributed by atoms with E-state index in [1.807, 2.05) is 0 Å². The van der Waals surface area contributed by atoms with Gasteiger partial charge in [0.25, 0.3) is 0 Å². The van der Waals surface area contributed by atoms with Crippen molar-refractivity contribution < 1.29 is 19.5 Å². The zero-order valence-electron chi connectivity index (χ0n) is 9.42. The van der Waals surface area contributed by atoms with Crippen molar-refractivity contribution in [2.75, 3.05) is 0 Å². The molecule has 0 fully saturated rings. The zero-order valence-corrected chi connectivity index (χ0v) is 9.42. The predicted molar refractivity (Wildman–Crippen MR) is 66.0 cm³/mol. The van der Waals surface area contributed by atoms with Crippen molar-refractivity contribution in [2.24, 2.45) is 0 Å². The van der Waals surface area contributed by atoms with Gasteiger partial charge in [-0.05, 0) is 10.9 Å². The number of carbonyl (C=O) groups is 3. The van der Waals surface area contributed by atoms with Crippen LogP contribution in [0, 0.1) is 0 Å². The number of hydrogen-bond donors (Lipinski definition) is 1. The molecule has 18 heavy (non-hydrogen) atoms. The minimum atomic E-state index is -0.265. The van der Waals surface area contributed by atoms with E-state index >= 15 is 0 Å². The van der Waals surface area contributed by atoms with Gasteiger partial charge >= 0.3 is 0 Å². The Bertz CT molecular complexity index is 630. The SMILES string of the molecule is O=Cc1ccc(C=O)c2c(CO)ccc(C=O)c12. The van der Waals surface area contributed by atoms with Gasteiger partial charge < -0.3 is 5.11 Å². The average Bonchev–Trinajstić information content (AvgIpc) is 2.44. The number of aldehydes is 3. The number of fused-ring (bicyclic) bond motifs is 1. The van der Waals surface area contributed by atoms with Gasteiger partial charge in [-0.1, -0.05) is 24.3 Å². The molecule has 0 saturated heterocycles. The van der Waals surface area contributed by atoms with Crippen LogP contribution in [0.15, 0.2) is 24.3 Å². The van der Waals surface area contributed by atoms with Crippen molar-refractivity contribution in [2.45, 2.75) is 6.61 Å². The van der Waals surface area contributed by atoms with Crippen LogP contribution in [-0.2, 0) is 6.61 Å². The highest BCUT2D eigenvalue weighted by Gasteiger charge is 2.13. The van der Waals surface area contributed by atoms with E-state index in [-0.39, 0.29) is 6.61 Å². The fraction of sp³-hybridized carbons (Fsp3) is 0.0714. The molecule has 0 spiro atoms. The standard InChI is InChI=1S/C14H10O4/c15-5-9-1-2-10(6-16)14-12(8-18)4-3-11(7-17)13(9)14/h1-7,18H,8H2. The maximum Gasteiger partial charge on any atom is 0.150 e. The lowest BCUT2D eigenvalue weighted by Crippen LogP contribution is -1.98. The van der Waals surface area contributed by atoms with Crippen LogP contribution in [0.5, 0.6) is 0 Å². The summed E-state index contributed by atoms with van der Waals surface area (Å²) in [5.74, 6) is 0. The second-order valence-corrected chi connectivity index (χ2v) is 3.82. The molecule has 0 aliphatic rings. The second-order valence-electron chi connectivity index (χ2n) is 3.82. The number of aliphatic hydroxyl groups excluding tert-OH is 1. The molecule has 0 bridgehead atoms. The number of carbonyl (C=O) groups excluding carboxylic acids is 3. The maximum absolute atomic E-state index is 11.0. The van der Waals surface area contributed by atoms with Crippen LogP contribution < -0.4 is 0 Å². The van der Waals surface area contributed by atoms with E-state index in [1.54, 1.807) is 6.07 Å². The van der Waals surface area contributed by atoms with E-state index in [0.717, 1.165) is 0 Å². The molecule has 2 aromatic rings. The van der Waals surface area contributed by atoms with Crippen LogP contribution in [0.25, 0.3) is 10.8 Å². The normalized spacial score (nSPS) is 10.3. The quantitative estimate of drug-likeness (QED) is 0.829. The topological polar surface area (TPSA) is 71.4 Å². The fourth-order valence-electron chi connectivity index (χ4n) is 2.08. The molecule has 0 aliphatic carbocycles. The van der Waals surface area contributed by atoms with E-state index in [1.165, 1.54) is 18.2 Å². The van der Waals surface area contributed by atoms with Crippen LogP contribution in [0.2, 0.25) is 0 Å². The summed E-state index contributed by atoms with van der Waals surface area (Å²) in [7, 11) is 0. The summed E-state index contributed by atoms with van der Waals surface area (Å²) in [5.41, 5.74) is 1.52. The lowest BCUT2D eigenvalue weighted by atomic mass is 9.93. The Morgan fingerprint density at radius 1 is 0.778 bits per heavy atom. The molecule has 0 aliphatic heterocycles. The van der Waals surface area contributed by atoms with Gasteiger partial charge in [-0.2, -0.15) is 0 Å². The lowest BCUT2D eigenvalue weighted by Gasteiger charge is -2.10. The first kappa shape index (κ1) is 12.1. The van der Waals surface area contributed by atoms with Crippen LogP contribution in [0.3, 0.4) is 0 Å². The highest BCUT2D eigenvalue weighted by Crippen LogP contribution is 2.27. The van der Waals surface area contributed by atoms with Crippen molar-refractivity contribution in [1.82, 2.24) is 0 Å². The first-order chi connectivity index (χ1) is 8.76. The molecule has 2 rings (SSSR count). The van der Waals surface area contributed by atoms with Gasteiger partial charge in [-0.15, -0.1) is 0 Å². The molecule has 90 valence electrons. The molecule has 0 amide bonds. The van der Waals surface area contributed by atoms with Crippen molar-refractivity contribution in [1.29, 1.82) is 0 Å². The third-order valence-electron chi connectivity index (χ3n) is 2.89. The Labute approximate surface area is 103 Å². The second kappa shape index (κ2) is 4.89. The molecule has 0 saturated carbocycles. The van der Waals surface area contributed by atoms with Crippen LogP contribution >= 0.6 is 0 Å². The predicted octanol–water partition coefficient (Wildman–Crippen LogP) is 1.77. The molecular formula is C14H10O4. The molecule has 2 aromatic carbocycles. The number of rotatable bonds is 4. The Balaban J connectivity index is 3.06. The molecule has 0 atom stereocenters. The first-order valence-corrected chi connectivity index (χ1v) is 5.31. The maximum atomic E-state index is 11.0. The van der Waals surface area contributed by atoms with Crippen molar-refractivity contribution in [3.05, 3.63) is 46.5 Å². The summed E-state index contributed by atoms with van der Waals surface area (Å²) in [6, 6.07) is 6.11. The zero-order chi connectivity index (χ0) is 13.1. The minimum absolute atomic E-state index is 0.265. The summed E-state index contributed by atoms with van der Waals surface area (Å²) in [6.07, 6.45) is 1.90. The van der Waals surface area contributed by atoms with E-state index in [2.05, 4.69) is 0 Å². The Kier molecular flexibility index (Phi) is 3.30. The molecule has 0 heterocycles. The van der Waals surface area contributed by atoms with Gasteiger partial charge in [-0.3, -0.25) is 14.4 Å². The molecule has 4 heteroatoms. The van der Waals surface area contributed by atoms with Crippen LogP contribution in [-0.4, -0.2) is 24.0 Å². The van der Waals surface area contributed by atoms with Gasteiger partial charge in [0.05, 0.1) is 6.61 Å². The Hall–Kier alpha value is -2.33. The van der Waals surface area contributed by atoms with E-state index < -0.39 is 0 Å². The number of aliphatic hydroxyl groups is 1. The largest absolute Gasteiger partial charge is 0.392 e. The molecule has 0 unspecified atom stereocenters. The van der Waals surface area contributed by atoms with E-state index in [4.69, 9.17) is 0 Å². The number of benzene rings is 2. The smallest absolute Gasteiger partial charge is 0.150 e.